The van der Waals surface area contributed by atoms with Gasteiger partial charge in [-0.25, -0.2) is 0 Å². The fourth-order valence-corrected chi connectivity index (χ4v) is 5.12. The van der Waals surface area contributed by atoms with Crippen molar-refractivity contribution in [3.05, 3.63) is 18.2 Å². The smallest absolute Gasteiger partial charge is 0.484 e. The molecule has 0 aliphatic heterocycles. The minimum atomic E-state index is -3.13. The van der Waals surface area contributed by atoms with Gasteiger partial charge in [-0.3, -0.25) is 0 Å². The summed E-state index contributed by atoms with van der Waals surface area (Å²) in [6.07, 6.45) is 0. The molecular weight excluding hydrogens is 348 g/mol. The van der Waals surface area contributed by atoms with Gasteiger partial charge in [-0.2, -0.15) is 0 Å². The second kappa shape index (κ2) is 9.22. The summed E-state index contributed by atoms with van der Waals surface area (Å²) in [5, 5.41) is 0.805. The Balaban J connectivity index is 3.61. The van der Waals surface area contributed by atoms with E-state index >= 15 is 0 Å². The SMILES string of the molecule is CCO[Si](OCC)(OCC)c1cccc(OC(C)(C)C)c1OC(C)(C)C. The first kappa shape index (κ1) is 23.0. The van der Waals surface area contributed by atoms with E-state index < -0.39 is 14.4 Å². The average molecular weight is 385 g/mol. The van der Waals surface area contributed by atoms with Crippen molar-refractivity contribution in [3.8, 4) is 11.5 Å². The van der Waals surface area contributed by atoms with Gasteiger partial charge in [0.05, 0.1) is 5.19 Å². The molecule has 0 saturated carbocycles. The largest absolute Gasteiger partial charge is 0.541 e. The summed E-state index contributed by atoms with van der Waals surface area (Å²) in [5.74, 6) is 1.30. The maximum atomic E-state index is 6.32. The fraction of sp³-hybridized carbons (Fsp3) is 0.700. The van der Waals surface area contributed by atoms with Crippen LogP contribution in [0.3, 0.4) is 0 Å². The molecule has 6 heteroatoms. The number of hydrogen-bond acceptors (Lipinski definition) is 5. The third kappa shape index (κ3) is 6.58. The highest BCUT2D eigenvalue weighted by Crippen LogP contribution is 2.33. The summed E-state index contributed by atoms with van der Waals surface area (Å²) in [7, 11) is -3.13. The van der Waals surface area contributed by atoms with Gasteiger partial charge in [0.15, 0.2) is 11.5 Å². The Bertz CT molecular complexity index is 543. The quantitative estimate of drug-likeness (QED) is 0.594. The Morgan fingerprint density at radius 2 is 1.19 bits per heavy atom. The van der Waals surface area contributed by atoms with E-state index in [0.29, 0.717) is 31.3 Å². The first-order valence-corrected chi connectivity index (χ1v) is 11.1. The molecular formula is C20H36O5Si. The van der Waals surface area contributed by atoms with E-state index in [9.17, 15) is 0 Å². The van der Waals surface area contributed by atoms with E-state index in [2.05, 4.69) is 0 Å². The van der Waals surface area contributed by atoms with E-state index in [1.165, 1.54) is 0 Å². The normalized spacial score (nSPS) is 13.0. The summed E-state index contributed by atoms with van der Waals surface area (Å²) in [5.41, 5.74) is -0.765. The average Bonchev–Trinajstić information content (AvgIpc) is 2.47. The summed E-state index contributed by atoms with van der Waals surface area (Å²) >= 11 is 0. The van der Waals surface area contributed by atoms with Crippen LogP contribution in [0.25, 0.3) is 0 Å². The molecule has 0 heterocycles. The van der Waals surface area contributed by atoms with Crippen LogP contribution in [0.1, 0.15) is 62.3 Å². The van der Waals surface area contributed by atoms with Crippen LogP contribution in [0, 0.1) is 0 Å². The van der Waals surface area contributed by atoms with E-state index in [1.54, 1.807) is 0 Å². The molecule has 1 aromatic rings. The second-order valence-corrected chi connectivity index (χ2v) is 10.4. The first-order chi connectivity index (χ1) is 12.0. The zero-order valence-electron chi connectivity index (χ0n) is 17.9. The number of benzene rings is 1. The molecule has 0 aliphatic rings. The highest BCUT2D eigenvalue weighted by Gasteiger charge is 2.47. The molecule has 1 rings (SSSR count). The zero-order valence-corrected chi connectivity index (χ0v) is 18.9. The van der Waals surface area contributed by atoms with Gasteiger partial charge in [0.1, 0.15) is 11.2 Å². The number of para-hydroxylation sites is 1. The van der Waals surface area contributed by atoms with Crippen LogP contribution in [0.2, 0.25) is 0 Å². The van der Waals surface area contributed by atoms with Crippen LogP contribution in [-0.4, -0.2) is 39.8 Å². The predicted octanol–water partition coefficient (Wildman–Crippen LogP) is 4.30. The van der Waals surface area contributed by atoms with Crippen LogP contribution in [-0.2, 0) is 13.3 Å². The standard InChI is InChI=1S/C20H36O5Si/c1-10-21-26(22-11-2,23-12-3)17-15-13-14-16(24-19(4,5)6)18(17)25-20(7,8)9/h13-15H,10-12H2,1-9H3. The van der Waals surface area contributed by atoms with Crippen LogP contribution >= 0.6 is 0 Å². The number of rotatable bonds is 9. The van der Waals surface area contributed by atoms with E-state index in [-0.39, 0.29) is 5.60 Å². The van der Waals surface area contributed by atoms with Crippen molar-refractivity contribution in [2.24, 2.45) is 0 Å². The minimum Gasteiger partial charge on any atom is -0.484 e. The van der Waals surface area contributed by atoms with Crippen LogP contribution in [0.4, 0.5) is 0 Å². The molecule has 0 spiro atoms. The zero-order chi connectivity index (χ0) is 20.0. The van der Waals surface area contributed by atoms with Gasteiger partial charge < -0.3 is 22.8 Å². The molecule has 0 N–H and O–H groups in total. The minimum absolute atomic E-state index is 0.359. The van der Waals surface area contributed by atoms with Crippen LogP contribution < -0.4 is 14.7 Å². The Kier molecular flexibility index (Phi) is 8.14. The van der Waals surface area contributed by atoms with Crippen molar-refractivity contribution in [3.63, 3.8) is 0 Å². The van der Waals surface area contributed by atoms with Crippen LogP contribution in [0.5, 0.6) is 11.5 Å². The van der Waals surface area contributed by atoms with Crippen molar-refractivity contribution in [2.75, 3.05) is 19.8 Å². The number of ether oxygens (including phenoxy) is 2. The van der Waals surface area contributed by atoms with Crippen LogP contribution in [0.15, 0.2) is 18.2 Å². The Hall–Kier alpha value is -1.08. The lowest BCUT2D eigenvalue weighted by Gasteiger charge is -2.33. The predicted molar refractivity (Wildman–Crippen MR) is 107 cm³/mol. The molecule has 5 nitrogen and oxygen atoms in total. The summed E-state index contributed by atoms with van der Waals surface area (Å²) in [4.78, 5) is 0. The molecule has 0 radical (unpaired) electrons. The molecule has 26 heavy (non-hydrogen) atoms. The van der Waals surface area contributed by atoms with Gasteiger partial charge in [0.2, 0.25) is 0 Å². The van der Waals surface area contributed by atoms with Gasteiger partial charge in [0.25, 0.3) is 0 Å². The van der Waals surface area contributed by atoms with Gasteiger partial charge >= 0.3 is 8.80 Å². The molecule has 0 amide bonds. The van der Waals surface area contributed by atoms with Crippen molar-refractivity contribution >= 4 is 14.0 Å². The fourth-order valence-electron chi connectivity index (χ4n) is 2.51. The van der Waals surface area contributed by atoms with E-state index in [4.69, 9.17) is 22.8 Å². The molecule has 0 saturated heterocycles. The molecule has 0 atom stereocenters. The Labute approximate surface area is 160 Å². The molecule has 1 aromatic carbocycles. The highest BCUT2D eigenvalue weighted by atomic mass is 28.4. The van der Waals surface area contributed by atoms with Crippen molar-refractivity contribution in [1.29, 1.82) is 0 Å². The van der Waals surface area contributed by atoms with Crippen molar-refractivity contribution in [1.82, 2.24) is 0 Å². The topological polar surface area (TPSA) is 46.2 Å². The van der Waals surface area contributed by atoms with Crippen molar-refractivity contribution < 1.29 is 22.8 Å². The van der Waals surface area contributed by atoms with Gasteiger partial charge in [-0.1, -0.05) is 12.1 Å². The van der Waals surface area contributed by atoms with Gasteiger partial charge in [-0.15, -0.1) is 0 Å². The van der Waals surface area contributed by atoms with Crippen molar-refractivity contribution in [2.45, 2.75) is 73.5 Å². The third-order valence-electron chi connectivity index (χ3n) is 3.14. The monoisotopic (exact) mass is 384 g/mol. The van der Waals surface area contributed by atoms with E-state index in [0.717, 1.165) is 5.19 Å². The highest BCUT2D eigenvalue weighted by molar-refractivity contribution is 6.76. The van der Waals surface area contributed by atoms with Gasteiger partial charge in [-0.05, 0) is 68.4 Å². The Morgan fingerprint density at radius 3 is 1.58 bits per heavy atom. The maximum Gasteiger partial charge on any atom is 0.541 e. The molecule has 0 bridgehead atoms. The maximum absolute atomic E-state index is 6.32. The lowest BCUT2D eigenvalue weighted by atomic mass is 10.1. The first-order valence-electron chi connectivity index (χ1n) is 9.41. The Morgan fingerprint density at radius 1 is 0.731 bits per heavy atom. The third-order valence-corrected chi connectivity index (χ3v) is 6.20. The second-order valence-electron chi connectivity index (χ2n) is 7.92. The summed E-state index contributed by atoms with van der Waals surface area (Å²) < 4.78 is 30.8. The van der Waals surface area contributed by atoms with Gasteiger partial charge in [0, 0.05) is 19.8 Å². The molecule has 0 aliphatic carbocycles. The number of hydrogen-bond donors (Lipinski definition) is 0. The molecule has 150 valence electrons. The summed E-state index contributed by atoms with van der Waals surface area (Å²) in [6, 6.07) is 5.81. The van der Waals surface area contributed by atoms with E-state index in [1.807, 2.05) is 80.5 Å². The lowest BCUT2D eigenvalue weighted by molar-refractivity contribution is 0.0787. The molecule has 0 unspecified atom stereocenters. The molecule has 0 aromatic heterocycles. The lowest BCUT2D eigenvalue weighted by Crippen LogP contribution is -2.57. The molecule has 0 fully saturated rings. The summed E-state index contributed by atoms with van der Waals surface area (Å²) in [6.45, 7) is 19.4.